The van der Waals surface area contributed by atoms with Crippen LogP contribution in [0.15, 0.2) is 48.5 Å². The lowest BCUT2D eigenvalue weighted by Crippen LogP contribution is -2.28. The standard InChI is InChI=1S/C20H22N4O/c1-23(20(25)19-16-9-3-4-10-17(16)21-22-19)14-15-8-2-5-11-18(15)24-12-6-7-13-24/h2-5,8-11H,6-7,12-14H2,1H3,(H,21,22). The fourth-order valence-electron chi connectivity index (χ4n) is 3.55. The van der Waals surface area contributed by atoms with E-state index in [1.165, 1.54) is 24.1 Å². The molecule has 1 aromatic heterocycles. The fourth-order valence-corrected chi connectivity index (χ4v) is 3.55. The van der Waals surface area contributed by atoms with Crippen molar-refractivity contribution in [2.45, 2.75) is 19.4 Å². The van der Waals surface area contributed by atoms with Gasteiger partial charge in [-0.2, -0.15) is 5.10 Å². The van der Waals surface area contributed by atoms with Crippen LogP contribution in [0.25, 0.3) is 10.9 Å². The molecule has 1 N–H and O–H groups in total. The van der Waals surface area contributed by atoms with Crippen LogP contribution in [-0.4, -0.2) is 41.1 Å². The van der Waals surface area contributed by atoms with Crippen molar-refractivity contribution in [3.8, 4) is 0 Å². The number of aromatic amines is 1. The molecule has 0 saturated carbocycles. The molecule has 0 unspecified atom stereocenters. The van der Waals surface area contributed by atoms with Crippen molar-refractivity contribution >= 4 is 22.5 Å². The van der Waals surface area contributed by atoms with Crippen molar-refractivity contribution in [1.29, 1.82) is 0 Å². The van der Waals surface area contributed by atoms with Crippen molar-refractivity contribution in [2.75, 3.05) is 25.0 Å². The van der Waals surface area contributed by atoms with Crippen molar-refractivity contribution in [3.05, 3.63) is 59.8 Å². The van der Waals surface area contributed by atoms with E-state index in [1.54, 1.807) is 4.90 Å². The summed E-state index contributed by atoms with van der Waals surface area (Å²) in [6.45, 7) is 2.77. The van der Waals surface area contributed by atoms with Gasteiger partial charge >= 0.3 is 0 Å². The summed E-state index contributed by atoms with van der Waals surface area (Å²) in [6.07, 6.45) is 2.48. The average Bonchev–Trinajstić information content (AvgIpc) is 3.31. The summed E-state index contributed by atoms with van der Waals surface area (Å²) < 4.78 is 0. The first-order valence-electron chi connectivity index (χ1n) is 8.75. The third-order valence-corrected chi connectivity index (χ3v) is 4.87. The monoisotopic (exact) mass is 334 g/mol. The number of nitrogens with one attached hydrogen (secondary N) is 1. The average molecular weight is 334 g/mol. The highest BCUT2D eigenvalue weighted by molar-refractivity contribution is 6.04. The van der Waals surface area contributed by atoms with Crippen LogP contribution in [0, 0.1) is 0 Å². The van der Waals surface area contributed by atoms with Gasteiger partial charge in [0.1, 0.15) is 0 Å². The highest BCUT2D eigenvalue weighted by Gasteiger charge is 2.21. The molecule has 0 radical (unpaired) electrons. The van der Waals surface area contributed by atoms with E-state index < -0.39 is 0 Å². The largest absolute Gasteiger partial charge is 0.371 e. The Hall–Kier alpha value is -2.82. The summed E-state index contributed by atoms with van der Waals surface area (Å²) in [5, 5.41) is 8.04. The number of nitrogens with zero attached hydrogens (tertiary/aromatic N) is 3. The summed E-state index contributed by atoms with van der Waals surface area (Å²) in [4.78, 5) is 17.0. The van der Waals surface area contributed by atoms with Gasteiger partial charge in [-0.3, -0.25) is 9.89 Å². The van der Waals surface area contributed by atoms with Crippen molar-refractivity contribution in [1.82, 2.24) is 15.1 Å². The minimum Gasteiger partial charge on any atom is -0.371 e. The topological polar surface area (TPSA) is 52.2 Å². The summed E-state index contributed by atoms with van der Waals surface area (Å²) >= 11 is 0. The molecular formula is C20H22N4O. The van der Waals surface area contributed by atoms with Gasteiger partial charge in [-0.1, -0.05) is 36.4 Å². The van der Waals surface area contributed by atoms with E-state index in [9.17, 15) is 4.79 Å². The van der Waals surface area contributed by atoms with Crippen molar-refractivity contribution < 1.29 is 4.79 Å². The first-order valence-corrected chi connectivity index (χ1v) is 8.75. The van der Waals surface area contributed by atoms with Gasteiger partial charge in [-0.25, -0.2) is 0 Å². The lowest BCUT2D eigenvalue weighted by Gasteiger charge is -2.24. The Balaban J connectivity index is 1.58. The molecule has 1 aliphatic rings. The Kier molecular flexibility index (Phi) is 4.14. The highest BCUT2D eigenvalue weighted by Crippen LogP contribution is 2.26. The van der Waals surface area contributed by atoms with Crippen LogP contribution < -0.4 is 4.90 Å². The molecule has 2 heterocycles. The van der Waals surface area contributed by atoms with Crippen LogP contribution in [0.4, 0.5) is 5.69 Å². The van der Waals surface area contributed by atoms with Gasteiger partial charge in [-0.05, 0) is 30.5 Å². The van der Waals surface area contributed by atoms with Gasteiger partial charge in [0, 0.05) is 37.8 Å². The predicted octanol–water partition coefficient (Wildman–Crippen LogP) is 3.44. The molecule has 3 aromatic rings. The van der Waals surface area contributed by atoms with E-state index in [2.05, 4.69) is 33.3 Å². The van der Waals surface area contributed by atoms with Crippen LogP contribution in [0.3, 0.4) is 0 Å². The number of anilines is 1. The molecule has 1 fully saturated rings. The number of carbonyl (C=O) groups is 1. The Morgan fingerprint density at radius 2 is 1.84 bits per heavy atom. The number of hydrogen-bond donors (Lipinski definition) is 1. The molecule has 1 saturated heterocycles. The fraction of sp³-hybridized carbons (Fsp3) is 0.300. The quantitative estimate of drug-likeness (QED) is 0.795. The molecule has 1 amide bonds. The Bertz CT molecular complexity index is 895. The van der Waals surface area contributed by atoms with Crippen LogP contribution >= 0.6 is 0 Å². The molecular weight excluding hydrogens is 312 g/mol. The molecule has 0 bridgehead atoms. The van der Waals surface area contributed by atoms with E-state index in [1.807, 2.05) is 37.4 Å². The van der Waals surface area contributed by atoms with E-state index in [4.69, 9.17) is 0 Å². The van der Waals surface area contributed by atoms with Crippen LogP contribution in [-0.2, 0) is 6.54 Å². The molecule has 0 aliphatic carbocycles. The number of hydrogen-bond acceptors (Lipinski definition) is 3. The number of H-pyrrole nitrogens is 1. The lowest BCUT2D eigenvalue weighted by atomic mass is 10.1. The van der Waals surface area contributed by atoms with Crippen molar-refractivity contribution in [3.63, 3.8) is 0 Å². The molecule has 2 aromatic carbocycles. The third-order valence-electron chi connectivity index (χ3n) is 4.87. The molecule has 0 atom stereocenters. The lowest BCUT2D eigenvalue weighted by molar-refractivity contribution is 0.0781. The van der Waals surface area contributed by atoms with Crippen LogP contribution in [0.2, 0.25) is 0 Å². The van der Waals surface area contributed by atoms with Crippen LogP contribution in [0.5, 0.6) is 0 Å². The van der Waals surface area contributed by atoms with Gasteiger partial charge in [-0.15, -0.1) is 0 Å². The van der Waals surface area contributed by atoms with E-state index in [-0.39, 0.29) is 5.91 Å². The second-order valence-corrected chi connectivity index (χ2v) is 6.60. The maximum Gasteiger partial charge on any atom is 0.275 e. The zero-order valence-corrected chi connectivity index (χ0v) is 14.4. The number of fused-ring (bicyclic) bond motifs is 1. The molecule has 4 rings (SSSR count). The minimum absolute atomic E-state index is 0.0614. The van der Waals surface area contributed by atoms with E-state index in [0.29, 0.717) is 12.2 Å². The zero-order valence-electron chi connectivity index (χ0n) is 14.4. The summed E-state index contributed by atoms with van der Waals surface area (Å²) in [5.74, 6) is -0.0614. The number of amides is 1. The number of para-hydroxylation sites is 2. The van der Waals surface area contributed by atoms with E-state index in [0.717, 1.165) is 24.0 Å². The van der Waals surface area contributed by atoms with Gasteiger partial charge < -0.3 is 9.80 Å². The Morgan fingerprint density at radius 3 is 2.68 bits per heavy atom. The van der Waals surface area contributed by atoms with Gasteiger partial charge in [0.2, 0.25) is 0 Å². The summed E-state index contributed by atoms with van der Waals surface area (Å²) in [6, 6.07) is 16.1. The SMILES string of the molecule is CN(Cc1ccccc1N1CCCC1)C(=O)c1n[nH]c2ccccc12. The highest BCUT2D eigenvalue weighted by atomic mass is 16.2. The maximum absolute atomic E-state index is 12.9. The predicted molar refractivity (Wildman–Crippen MR) is 99.8 cm³/mol. The zero-order chi connectivity index (χ0) is 17.2. The van der Waals surface area contributed by atoms with Crippen molar-refractivity contribution in [2.24, 2.45) is 0 Å². The van der Waals surface area contributed by atoms with Gasteiger partial charge in [0.15, 0.2) is 5.69 Å². The molecule has 128 valence electrons. The first kappa shape index (κ1) is 15.7. The summed E-state index contributed by atoms with van der Waals surface area (Å²) in [5.41, 5.74) is 3.79. The van der Waals surface area contributed by atoms with Crippen LogP contribution in [0.1, 0.15) is 28.9 Å². The Labute approximate surface area is 147 Å². The number of benzene rings is 2. The van der Waals surface area contributed by atoms with Gasteiger partial charge in [0.25, 0.3) is 5.91 Å². The molecule has 1 aliphatic heterocycles. The minimum atomic E-state index is -0.0614. The second kappa shape index (κ2) is 6.59. The normalized spacial score (nSPS) is 14.2. The third kappa shape index (κ3) is 2.97. The summed E-state index contributed by atoms with van der Waals surface area (Å²) in [7, 11) is 1.84. The number of carbonyl (C=O) groups excluding carboxylic acids is 1. The maximum atomic E-state index is 12.9. The number of aromatic nitrogens is 2. The van der Waals surface area contributed by atoms with Gasteiger partial charge in [0.05, 0.1) is 5.52 Å². The molecule has 25 heavy (non-hydrogen) atoms. The Morgan fingerprint density at radius 1 is 1.12 bits per heavy atom. The first-order chi connectivity index (χ1) is 12.2. The second-order valence-electron chi connectivity index (χ2n) is 6.60. The molecule has 0 spiro atoms. The molecule has 5 heteroatoms. The smallest absolute Gasteiger partial charge is 0.275 e. The van der Waals surface area contributed by atoms with E-state index >= 15 is 0 Å². The number of rotatable bonds is 4. The molecule has 5 nitrogen and oxygen atoms in total.